The van der Waals surface area contributed by atoms with Crippen LogP contribution in [0.4, 0.5) is 5.69 Å². The summed E-state index contributed by atoms with van der Waals surface area (Å²) in [5.41, 5.74) is 8.14. The Kier molecular flexibility index (Phi) is 6.62. The van der Waals surface area contributed by atoms with E-state index in [-0.39, 0.29) is 12.0 Å². The summed E-state index contributed by atoms with van der Waals surface area (Å²) in [6, 6.07) is 8.03. The van der Waals surface area contributed by atoms with E-state index >= 15 is 0 Å². The lowest BCUT2D eigenvalue weighted by Gasteiger charge is -2.30. The second-order valence-corrected chi connectivity index (χ2v) is 8.22. The molecule has 1 aromatic carbocycles. The van der Waals surface area contributed by atoms with E-state index in [1.165, 1.54) is 11.8 Å². The highest BCUT2D eigenvalue weighted by atomic mass is 32.2. The number of hydrogen-bond acceptors (Lipinski definition) is 3. The highest BCUT2D eigenvalue weighted by Crippen LogP contribution is 2.25. The predicted molar refractivity (Wildman–Crippen MR) is 99.7 cm³/mol. The Morgan fingerprint density at radius 2 is 1.92 bits per heavy atom. The van der Waals surface area contributed by atoms with Gasteiger partial charge in [-0.05, 0) is 42.9 Å². The Bertz CT molecular complexity index is 656. The van der Waals surface area contributed by atoms with Crippen molar-refractivity contribution in [3.05, 3.63) is 29.8 Å². The van der Waals surface area contributed by atoms with Gasteiger partial charge in [0.1, 0.15) is 0 Å². The largest absolute Gasteiger partial charge is 0.370 e. The van der Waals surface area contributed by atoms with Gasteiger partial charge in [-0.15, -0.1) is 0 Å². The Balaban J connectivity index is 1.93. The van der Waals surface area contributed by atoms with Crippen LogP contribution in [0.1, 0.15) is 38.2 Å². The molecule has 0 heterocycles. The molecule has 1 aromatic rings. The molecule has 0 aliphatic heterocycles. The highest BCUT2D eigenvalue weighted by molar-refractivity contribution is 7.88. The molecule has 2 atom stereocenters. The molecule has 0 aromatic heterocycles. The summed E-state index contributed by atoms with van der Waals surface area (Å²) < 4.78 is 25.7. The van der Waals surface area contributed by atoms with E-state index in [1.807, 2.05) is 12.1 Å². The first-order valence-corrected chi connectivity index (χ1v) is 10.4. The van der Waals surface area contributed by atoms with E-state index in [4.69, 9.17) is 5.73 Å². The molecule has 1 aliphatic carbocycles. The van der Waals surface area contributed by atoms with E-state index in [0.717, 1.165) is 37.8 Å². The number of nitrogens with zero attached hydrogens (tertiary/aromatic N) is 1. The predicted octanol–water partition coefficient (Wildman–Crippen LogP) is 2.08. The van der Waals surface area contributed by atoms with Crippen molar-refractivity contribution in [1.29, 1.82) is 0 Å². The van der Waals surface area contributed by atoms with Gasteiger partial charge in [-0.25, -0.2) is 13.1 Å². The van der Waals surface area contributed by atoms with E-state index < -0.39 is 10.0 Å². The van der Waals surface area contributed by atoms with Gasteiger partial charge >= 0.3 is 0 Å². The van der Waals surface area contributed by atoms with Gasteiger partial charge in [0, 0.05) is 18.3 Å². The molecular weight excluding hydrogens is 324 g/mol. The van der Waals surface area contributed by atoms with E-state index in [0.29, 0.717) is 12.5 Å². The zero-order valence-corrected chi connectivity index (χ0v) is 15.3. The van der Waals surface area contributed by atoms with Crippen LogP contribution in [0, 0.1) is 5.92 Å². The Hall–Kier alpha value is -1.60. The summed E-state index contributed by atoms with van der Waals surface area (Å²) in [5.74, 6) is 0.555. The molecule has 0 bridgehead atoms. The number of nitrogens with two attached hydrogens (primary N) is 1. The topological polar surface area (TPSA) is 96.6 Å². The van der Waals surface area contributed by atoms with Crippen LogP contribution in [0.25, 0.3) is 0 Å². The standard InChI is InChI=1S/C17H28N4O2S/c1-3-13-8-10-15(11-9-13)20-17(18)19-12-14-6-4-5-7-16(14)21-24(2,22)23/h8-11,14,16,21H,3-7,12H2,1-2H3,(H3,18,19,20). The fourth-order valence-corrected chi connectivity index (χ4v) is 3.94. The number of nitrogens with one attached hydrogen (secondary N) is 2. The molecular formula is C17H28N4O2S. The third kappa shape index (κ3) is 6.13. The Morgan fingerprint density at radius 3 is 2.54 bits per heavy atom. The SMILES string of the molecule is CCc1ccc(NC(N)=NCC2CCCCC2NS(C)(=O)=O)cc1. The molecule has 2 rings (SSSR count). The monoisotopic (exact) mass is 352 g/mol. The van der Waals surface area contributed by atoms with Crippen LogP contribution in [0.3, 0.4) is 0 Å². The maximum absolute atomic E-state index is 11.5. The maximum atomic E-state index is 11.5. The second-order valence-electron chi connectivity index (χ2n) is 6.44. The summed E-state index contributed by atoms with van der Waals surface area (Å²) in [6.45, 7) is 2.64. The molecule has 6 nitrogen and oxygen atoms in total. The quantitative estimate of drug-likeness (QED) is 0.539. The molecule has 1 fully saturated rings. The van der Waals surface area contributed by atoms with Gasteiger partial charge in [-0.2, -0.15) is 0 Å². The van der Waals surface area contributed by atoms with Gasteiger partial charge < -0.3 is 11.1 Å². The van der Waals surface area contributed by atoms with E-state index in [1.54, 1.807) is 0 Å². The lowest BCUT2D eigenvalue weighted by molar-refractivity contribution is 0.297. The van der Waals surface area contributed by atoms with E-state index in [9.17, 15) is 8.42 Å². The molecule has 1 saturated carbocycles. The van der Waals surface area contributed by atoms with Gasteiger partial charge in [-0.1, -0.05) is 31.9 Å². The number of rotatable bonds is 6. The van der Waals surface area contributed by atoms with Gasteiger partial charge in [-0.3, -0.25) is 4.99 Å². The van der Waals surface area contributed by atoms with Crippen LogP contribution in [0.15, 0.2) is 29.3 Å². The summed E-state index contributed by atoms with van der Waals surface area (Å²) in [4.78, 5) is 4.41. The number of aliphatic imine (C=N–C) groups is 1. The minimum Gasteiger partial charge on any atom is -0.370 e. The molecule has 134 valence electrons. The van der Waals surface area contributed by atoms with Crippen LogP contribution in [0.2, 0.25) is 0 Å². The molecule has 1 aliphatic rings. The zero-order chi connectivity index (χ0) is 17.6. The van der Waals surface area contributed by atoms with Crippen LogP contribution >= 0.6 is 0 Å². The Morgan fingerprint density at radius 1 is 1.25 bits per heavy atom. The molecule has 2 unspecified atom stereocenters. The minimum absolute atomic E-state index is 0.0471. The van der Waals surface area contributed by atoms with Crippen molar-refractivity contribution in [3.63, 3.8) is 0 Å². The molecule has 7 heteroatoms. The number of sulfonamides is 1. The van der Waals surface area contributed by atoms with Crippen molar-refractivity contribution < 1.29 is 8.42 Å². The summed E-state index contributed by atoms with van der Waals surface area (Å²) in [5, 5.41) is 3.08. The van der Waals surface area contributed by atoms with Crippen molar-refractivity contribution in [2.24, 2.45) is 16.6 Å². The van der Waals surface area contributed by atoms with Crippen molar-refractivity contribution in [2.45, 2.75) is 45.1 Å². The molecule has 0 saturated heterocycles. The minimum atomic E-state index is -3.20. The van der Waals surface area contributed by atoms with E-state index in [2.05, 4.69) is 34.1 Å². The number of benzene rings is 1. The van der Waals surface area contributed by atoms with Crippen LogP contribution in [0.5, 0.6) is 0 Å². The normalized spacial score (nSPS) is 22.3. The number of hydrogen-bond donors (Lipinski definition) is 3. The van der Waals surface area contributed by atoms with Crippen molar-refractivity contribution in [2.75, 3.05) is 18.1 Å². The molecule has 24 heavy (non-hydrogen) atoms. The Labute approximate surface area is 145 Å². The summed E-state index contributed by atoms with van der Waals surface area (Å²) in [6.07, 6.45) is 6.19. The number of anilines is 1. The fraction of sp³-hybridized carbons (Fsp3) is 0.588. The third-order valence-electron chi connectivity index (χ3n) is 4.41. The average Bonchev–Trinajstić information content (AvgIpc) is 2.53. The molecule has 0 spiro atoms. The third-order valence-corrected chi connectivity index (χ3v) is 5.14. The smallest absolute Gasteiger partial charge is 0.208 e. The summed E-state index contributed by atoms with van der Waals surface area (Å²) >= 11 is 0. The van der Waals surface area contributed by atoms with Crippen LogP contribution in [-0.2, 0) is 16.4 Å². The number of guanidine groups is 1. The van der Waals surface area contributed by atoms with Crippen molar-refractivity contribution >= 4 is 21.7 Å². The molecule has 0 radical (unpaired) electrons. The van der Waals surface area contributed by atoms with Gasteiger partial charge in [0.15, 0.2) is 5.96 Å². The maximum Gasteiger partial charge on any atom is 0.208 e. The van der Waals surface area contributed by atoms with Gasteiger partial charge in [0.2, 0.25) is 10.0 Å². The summed E-state index contributed by atoms with van der Waals surface area (Å²) in [7, 11) is -3.20. The lowest BCUT2D eigenvalue weighted by Crippen LogP contribution is -2.43. The average molecular weight is 353 g/mol. The van der Waals surface area contributed by atoms with Crippen LogP contribution in [-0.4, -0.2) is 33.2 Å². The second kappa shape index (κ2) is 8.48. The first-order chi connectivity index (χ1) is 11.4. The fourth-order valence-electron chi connectivity index (χ4n) is 3.08. The van der Waals surface area contributed by atoms with Crippen LogP contribution < -0.4 is 15.8 Å². The van der Waals surface area contributed by atoms with Gasteiger partial charge in [0.05, 0.1) is 6.26 Å². The van der Waals surface area contributed by atoms with Gasteiger partial charge in [0.25, 0.3) is 0 Å². The first-order valence-electron chi connectivity index (χ1n) is 8.50. The number of aryl methyl sites for hydroxylation is 1. The zero-order valence-electron chi connectivity index (χ0n) is 14.5. The van der Waals surface area contributed by atoms with Crippen molar-refractivity contribution in [3.8, 4) is 0 Å². The van der Waals surface area contributed by atoms with Crippen molar-refractivity contribution in [1.82, 2.24) is 4.72 Å². The molecule has 4 N–H and O–H groups in total. The lowest BCUT2D eigenvalue weighted by atomic mass is 9.85. The molecule has 0 amide bonds. The highest BCUT2D eigenvalue weighted by Gasteiger charge is 2.27. The first kappa shape index (κ1) is 18.7.